The van der Waals surface area contributed by atoms with Crippen molar-refractivity contribution in [2.75, 3.05) is 5.73 Å². The van der Waals surface area contributed by atoms with E-state index in [-0.39, 0.29) is 17.3 Å². The third-order valence-corrected chi connectivity index (χ3v) is 5.85. The van der Waals surface area contributed by atoms with Crippen LogP contribution in [0.2, 0.25) is 5.02 Å². The fourth-order valence-corrected chi connectivity index (χ4v) is 4.34. The SMILES string of the molecule is Nc1nc2nc(CSc3nc4cc(Cl)ccc4n3Cc3ccccc3)cc(=O)n2[nH]1. The number of aromatic amines is 1. The molecule has 8 nitrogen and oxygen atoms in total. The second kappa shape index (κ2) is 7.51. The summed E-state index contributed by atoms with van der Waals surface area (Å²) < 4.78 is 3.36. The molecule has 0 saturated carbocycles. The summed E-state index contributed by atoms with van der Waals surface area (Å²) in [4.78, 5) is 25.5. The largest absolute Gasteiger partial charge is 0.368 e. The number of imidazole rings is 1. The average Bonchev–Trinajstić information content (AvgIpc) is 3.27. The minimum atomic E-state index is -0.260. The average molecular weight is 438 g/mol. The summed E-state index contributed by atoms with van der Waals surface area (Å²) in [6, 6.07) is 17.3. The van der Waals surface area contributed by atoms with Crippen molar-refractivity contribution in [2.24, 2.45) is 0 Å². The molecule has 0 bridgehead atoms. The summed E-state index contributed by atoms with van der Waals surface area (Å²) in [7, 11) is 0. The first-order valence-electron chi connectivity index (χ1n) is 9.13. The molecule has 0 unspecified atom stereocenters. The number of nitrogens with two attached hydrogens (primary N) is 1. The molecule has 3 N–H and O–H groups in total. The van der Waals surface area contributed by atoms with Crippen LogP contribution in [0.3, 0.4) is 0 Å². The predicted octanol–water partition coefficient (Wildman–Crippen LogP) is 3.34. The van der Waals surface area contributed by atoms with Gasteiger partial charge >= 0.3 is 0 Å². The van der Waals surface area contributed by atoms with Gasteiger partial charge in [-0.05, 0) is 23.8 Å². The molecule has 0 saturated heterocycles. The first-order valence-corrected chi connectivity index (χ1v) is 10.5. The van der Waals surface area contributed by atoms with Crippen LogP contribution in [0, 0.1) is 0 Å². The Morgan fingerprint density at radius 1 is 1.07 bits per heavy atom. The lowest BCUT2D eigenvalue weighted by atomic mass is 10.2. The van der Waals surface area contributed by atoms with Gasteiger partial charge in [0.1, 0.15) is 0 Å². The van der Waals surface area contributed by atoms with Gasteiger partial charge in [0.25, 0.3) is 11.3 Å². The lowest BCUT2D eigenvalue weighted by Crippen LogP contribution is -2.15. The van der Waals surface area contributed by atoms with Crippen LogP contribution in [-0.4, -0.2) is 29.1 Å². The molecule has 150 valence electrons. The van der Waals surface area contributed by atoms with Gasteiger partial charge in [-0.15, -0.1) is 0 Å². The summed E-state index contributed by atoms with van der Waals surface area (Å²) in [5.41, 5.74) is 8.96. The van der Waals surface area contributed by atoms with Crippen LogP contribution in [0.1, 0.15) is 11.3 Å². The van der Waals surface area contributed by atoms with Crippen LogP contribution >= 0.6 is 23.4 Å². The minimum absolute atomic E-state index is 0.144. The third-order valence-electron chi connectivity index (χ3n) is 4.61. The molecule has 3 aromatic heterocycles. The van der Waals surface area contributed by atoms with Crippen molar-refractivity contribution in [1.82, 2.24) is 29.1 Å². The maximum atomic E-state index is 12.3. The van der Waals surface area contributed by atoms with E-state index in [1.54, 1.807) is 0 Å². The van der Waals surface area contributed by atoms with Crippen LogP contribution in [0.5, 0.6) is 0 Å². The topological polar surface area (TPSA) is 107 Å². The Morgan fingerprint density at radius 2 is 1.90 bits per heavy atom. The van der Waals surface area contributed by atoms with Gasteiger partial charge in [0.05, 0.1) is 23.3 Å². The van der Waals surface area contributed by atoms with Gasteiger partial charge in [0.15, 0.2) is 5.16 Å². The zero-order valence-corrected chi connectivity index (χ0v) is 17.2. The third kappa shape index (κ3) is 3.53. The van der Waals surface area contributed by atoms with Crippen LogP contribution < -0.4 is 11.3 Å². The Balaban J connectivity index is 1.50. The molecule has 0 radical (unpaired) electrons. The van der Waals surface area contributed by atoms with E-state index in [0.29, 0.717) is 23.0 Å². The number of nitrogens with zero attached hydrogens (tertiary/aromatic N) is 5. The zero-order chi connectivity index (χ0) is 20.7. The molecule has 0 atom stereocenters. The van der Waals surface area contributed by atoms with Gasteiger partial charge in [-0.2, -0.15) is 9.50 Å². The first-order chi connectivity index (χ1) is 14.6. The molecule has 0 aliphatic rings. The van der Waals surface area contributed by atoms with Gasteiger partial charge in [-0.1, -0.05) is 53.7 Å². The second-order valence-corrected chi connectivity index (χ2v) is 8.10. The number of anilines is 1. The fraction of sp³-hybridized carbons (Fsp3) is 0.100. The number of aromatic nitrogens is 6. The van der Waals surface area contributed by atoms with E-state index >= 15 is 0 Å². The van der Waals surface area contributed by atoms with E-state index < -0.39 is 0 Å². The molecular formula is C20H16ClN7OS. The normalized spacial score (nSPS) is 11.5. The number of hydrogen-bond acceptors (Lipinski definition) is 6. The van der Waals surface area contributed by atoms with Crippen molar-refractivity contribution in [2.45, 2.75) is 17.5 Å². The van der Waals surface area contributed by atoms with E-state index in [1.807, 2.05) is 36.4 Å². The Hall–Kier alpha value is -3.30. The van der Waals surface area contributed by atoms with Crippen LogP contribution in [0.15, 0.2) is 64.5 Å². The Morgan fingerprint density at radius 3 is 2.73 bits per heavy atom. The lowest BCUT2D eigenvalue weighted by Gasteiger charge is -2.09. The smallest absolute Gasteiger partial charge is 0.274 e. The van der Waals surface area contributed by atoms with E-state index in [0.717, 1.165) is 16.2 Å². The molecule has 0 amide bonds. The standard InChI is InChI=1S/C20H16ClN7OS/c21-13-6-7-16-15(8-13)24-20(27(16)10-12-4-2-1-3-5-12)30-11-14-9-17(29)28-19(23-14)25-18(22)26-28/h1-9H,10-11H2,(H3,22,23,25,26). The number of benzene rings is 2. The maximum Gasteiger partial charge on any atom is 0.274 e. The monoisotopic (exact) mass is 437 g/mol. The number of rotatable bonds is 5. The second-order valence-electron chi connectivity index (χ2n) is 6.72. The summed E-state index contributed by atoms with van der Waals surface area (Å²) >= 11 is 7.67. The molecule has 3 heterocycles. The molecule has 10 heteroatoms. The number of thioether (sulfide) groups is 1. The van der Waals surface area contributed by atoms with Crippen molar-refractivity contribution in [3.63, 3.8) is 0 Å². The van der Waals surface area contributed by atoms with Gasteiger partial charge in [0.2, 0.25) is 5.95 Å². The Kier molecular flexibility index (Phi) is 4.68. The summed E-state index contributed by atoms with van der Waals surface area (Å²) in [6.07, 6.45) is 0. The summed E-state index contributed by atoms with van der Waals surface area (Å²) in [5, 5.41) is 4.12. The lowest BCUT2D eigenvalue weighted by molar-refractivity contribution is 0.731. The van der Waals surface area contributed by atoms with Crippen LogP contribution in [-0.2, 0) is 12.3 Å². The molecular weight excluding hydrogens is 422 g/mol. The molecule has 0 fully saturated rings. The maximum absolute atomic E-state index is 12.3. The Bertz CT molecular complexity index is 1420. The van der Waals surface area contributed by atoms with Crippen molar-refractivity contribution >= 4 is 46.1 Å². The zero-order valence-electron chi connectivity index (χ0n) is 15.6. The van der Waals surface area contributed by atoms with Gasteiger partial charge in [-0.3, -0.25) is 9.89 Å². The van der Waals surface area contributed by atoms with Gasteiger partial charge in [0, 0.05) is 16.8 Å². The summed E-state index contributed by atoms with van der Waals surface area (Å²) in [6.45, 7) is 0.673. The molecule has 5 rings (SSSR count). The van der Waals surface area contributed by atoms with Crippen molar-refractivity contribution in [1.29, 1.82) is 0 Å². The number of halogens is 1. The van der Waals surface area contributed by atoms with Crippen LogP contribution in [0.4, 0.5) is 5.95 Å². The highest BCUT2D eigenvalue weighted by Gasteiger charge is 2.14. The minimum Gasteiger partial charge on any atom is -0.368 e. The highest BCUT2D eigenvalue weighted by molar-refractivity contribution is 7.98. The molecule has 5 aromatic rings. The summed E-state index contributed by atoms with van der Waals surface area (Å²) in [5.74, 6) is 0.857. The number of H-pyrrole nitrogens is 1. The van der Waals surface area contributed by atoms with Crippen molar-refractivity contribution in [3.8, 4) is 0 Å². The van der Waals surface area contributed by atoms with E-state index in [1.165, 1.54) is 27.9 Å². The van der Waals surface area contributed by atoms with Crippen molar-refractivity contribution < 1.29 is 0 Å². The Labute approximate surface area is 179 Å². The highest BCUT2D eigenvalue weighted by Crippen LogP contribution is 2.28. The molecule has 0 aliphatic carbocycles. The van der Waals surface area contributed by atoms with E-state index in [9.17, 15) is 4.79 Å². The molecule has 0 aliphatic heterocycles. The predicted molar refractivity (Wildman–Crippen MR) is 118 cm³/mol. The molecule has 30 heavy (non-hydrogen) atoms. The van der Waals surface area contributed by atoms with E-state index in [4.69, 9.17) is 22.3 Å². The number of nitrogen functional groups attached to an aromatic ring is 1. The number of hydrogen-bond donors (Lipinski definition) is 2. The van der Waals surface area contributed by atoms with Crippen LogP contribution in [0.25, 0.3) is 16.8 Å². The highest BCUT2D eigenvalue weighted by atomic mass is 35.5. The quantitative estimate of drug-likeness (QED) is 0.408. The van der Waals surface area contributed by atoms with E-state index in [2.05, 4.69) is 31.8 Å². The van der Waals surface area contributed by atoms with Gasteiger partial charge < -0.3 is 10.3 Å². The number of nitrogens with one attached hydrogen (secondary N) is 1. The van der Waals surface area contributed by atoms with Gasteiger partial charge in [-0.25, -0.2) is 9.97 Å². The fourth-order valence-electron chi connectivity index (χ4n) is 3.27. The van der Waals surface area contributed by atoms with Crippen molar-refractivity contribution in [3.05, 3.63) is 81.2 Å². The number of fused-ring (bicyclic) bond motifs is 2. The molecule has 0 spiro atoms. The first kappa shape index (κ1) is 18.7. The molecule has 2 aromatic carbocycles.